The summed E-state index contributed by atoms with van der Waals surface area (Å²) in [5, 5.41) is 20.8. The van der Waals surface area contributed by atoms with E-state index in [0.717, 1.165) is 11.8 Å². The number of nitrogens with one attached hydrogen (secondary N) is 1. The molecule has 1 aromatic heterocycles. The number of anilines is 1. The maximum atomic E-state index is 12.8. The maximum absolute atomic E-state index is 12.8. The van der Waals surface area contributed by atoms with Crippen LogP contribution >= 0.6 is 0 Å². The molecule has 90 valence electrons. The number of hydrogen-bond acceptors (Lipinski definition) is 5. The molecular formula is C12H9FN4O. The van der Waals surface area contributed by atoms with Crippen LogP contribution in [0.4, 0.5) is 10.2 Å². The topological polar surface area (TPSA) is 81.8 Å². The predicted octanol–water partition coefficient (Wildman–Crippen LogP) is 1.81. The highest BCUT2D eigenvalue weighted by Gasteiger charge is 2.06. The standard InChI is InChI=1S/C12H9FN4O/c13-11-7-16-12(10(5-14)17-11)15-6-8-1-3-9(18)4-2-8/h1-4,7,18H,6H2,(H,15,16). The van der Waals surface area contributed by atoms with Gasteiger partial charge in [0.05, 0.1) is 6.20 Å². The Morgan fingerprint density at radius 3 is 2.72 bits per heavy atom. The van der Waals surface area contributed by atoms with Crippen LogP contribution in [0, 0.1) is 17.3 Å². The Labute approximate surface area is 103 Å². The molecule has 2 rings (SSSR count). The van der Waals surface area contributed by atoms with E-state index in [1.54, 1.807) is 30.3 Å². The molecule has 6 heteroatoms. The van der Waals surface area contributed by atoms with E-state index in [2.05, 4.69) is 15.3 Å². The molecule has 0 aliphatic rings. The van der Waals surface area contributed by atoms with Gasteiger partial charge in [-0.2, -0.15) is 9.65 Å². The first-order chi connectivity index (χ1) is 8.69. The molecule has 0 amide bonds. The quantitative estimate of drug-likeness (QED) is 0.860. The number of hydrogen-bond donors (Lipinski definition) is 2. The van der Waals surface area contributed by atoms with Crippen molar-refractivity contribution in [3.05, 3.63) is 47.7 Å². The Bertz CT molecular complexity index is 592. The molecule has 5 nitrogen and oxygen atoms in total. The van der Waals surface area contributed by atoms with Crippen LogP contribution < -0.4 is 5.32 Å². The molecule has 0 spiro atoms. The number of phenolic OH excluding ortho intramolecular Hbond substituents is 1. The van der Waals surface area contributed by atoms with Crippen molar-refractivity contribution < 1.29 is 9.50 Å². The van der Waals surface area contributed by atoms with Crippen LogP contribution in [0.2, 0.25) is 0 Å². The number of rotatable bonds is 3. The molecule has 2 N–H and O–H groups in total. The highest BCUT2D eigenvalue weighted by atomic mass is 19.1. The Hall–Kier alpha value is -2.68. The third kappa shape index (κ3) is 2.71. The number of aromatic hydroxyl groups is 1. The smallest absolute Gasteiger partial charge is 0.232 e. The number of phenols is 1. The zero-order valence-electron chi connectivity index (χ0n) is 9.26. The average Bonchev–Trinajstić information content (AvgIpc) is 2.39. The summed E-state index contributed by atoms with van der Waals surface area (Å²) in [4.78, 5) is 7.19. The van der Waals surface area contributed by atoms with E-state index in [4.69, 9.17) is 10.4 Å². The van der Waals surface area contributed by atoms with Gasteiger partial charge in [0.25, 0.3) is 0 Å². The first-order valence-electron chi connectivity index (χ1n) is 5.13. The Balaban J connectivity index is 2.11. The van der Waals surface area contributed by atoms with Gasteiger partial charge in [0.2, 0.25) is 5.95 Å². The minimum Gasteiger partial charge on any atom is -0.508 e. The van der Waals surface area contributed by atoms with Gasteiger partial charge >= 0.3 is 0 Å². The van der Waals surface area contributed by atoms with Crippen LogP contribution in [-0.2, 0) is 6.54 Å². The lowest BCUT2D eigenvalue weighted by Gasteiger charge is -2.06. The third-order valence-corrected chi connectivity index (χ3v) is 2.25. The second-order valence-electron chi connectivity index (χ2n) is 3.52. The number of nitrogens with zero attached hydrogens (tertiary/aromatic N) is 3. The van der Waals surface area contributed by atoms with Gasteiger partial charge in [-0.1, -0.05) is 12.1 Å². The SMILES string of the molecule is N#Cc1nc(F)cnc1NCc1ccc(O)cc1. The molecule has 0 aliphatic carbocycles. The van der Waals surface area contributed by atoms with Crippen LogP contribution in [0.5, 0.6) is 5.75 Å². The third-order valence-electron chi connectivity index (χ3n) is 2.25. The fraction of sp³-hybridized carbons (Fsp3) is 0.0833. The van der Waals surface area contributed by atoms with E-state index in [-0.39, 0.29) is 17.3 Å². The normalized spacial score (nSPS) is 9.78. The molecule has 0 aliphatic heterocycles. The zero-order chi connectivity index (χ0) is 13.0. The number of halogens is 1. The van der Waals surface area contributed by atoms with Crippen molar-refractivity contribution in [2.24, 2.45) is 0 Å². The molecule has 0 fully saturated rings. The lowest BCUT2D eigenvalue weighted by Crippen LogP contribution is -2.05. The van der Waals surface area contributed by atoms with Gasteiger partial charge in [-0.3, -0.25) is 0 Å². The zero-order valence-corrected chi connectivity index (χ0v) is 9.26. The molecule has 1 heterocycles. The summed E-state index contributed by atoms with van der Waals surface area (Å²) in [5.41, 5.74) is 0.802. The summed E-state index contributed by atoms with van der Waals surface area (Å²) in [6.07, 6.45) is 0.944. The lowest BCUT2D eigenvalue weighted by atomic mass is 10.2. The predicted molar refractivity (Wildman–Crippen MR) is 62.1 cm³/mol. The summed E-state index contributed by atoms with van der Waals surface area (Å²) < 4.78 is 12.8. The molecule has 1 aromatic carbocycles. The van der Waals surface area contributed by atoms with Gasteiger partial charge < -0.3 is 10.4 Å². The van der Waals surface area contributed by atoms with E-state index in [0.29, 0.717) is 6.54 Å². The second-order valence-corrected chi connectivity index (χ2v) is 3.52. The minimum atomic E-state index is -0.790. The lowest BCUT2D eigenvalue weighted by molar-refractivity contribution is 0.475. The molecule has 0 bridgehead atoms. The molecule has 18 heavy (non-hydrogen) atoms. The van der Waals surface area contributed by atoms with E-state index in [1.807, 2.05) is 0 Å². The van der Waals surface area contributed by atoms with E-state index in [1.165, 1.54) is 0 Å². The minimum absolute atomic E-state index is 0.0891. The van der Waals surface area contributed by atoms with Gasteiger partial charge in [0.1, 0.15) is 11.8 Å². The van der Waals surface area contributed by atoms with Crippen molar-refractivity contribution in [3.63, 3.8) is 0 Å². The van der Waals surface area contributed by atoms with Crippen LogP contribution in [0.25, 0.3) is 0 Å². The first-order valence-corrected chi connectivity index (χ1v) is 5.13. The van der Waals surface area contributed by atoms with Crippen molar-refractivity contribution in [2.45, 2.75) is 6.54 Å². The van der Waals surface area contributed by atoms with Crippen molar-refractivity contribution >= 4 is 5.82 Å². The van der Waals surface area contributed by atoms with Crippen molar-refractivity contribution in [1.82, 2.24) is 9.97 Å². The van der Waals surface area contributed by atoms with Crippen LogP contribution in [-0.4, -0.2) is 15.1 Å². The monoisotopic (exact) mass is 244 g/mol. The van der Waals surface area contributed by atoms with Crippen molar-refractivity contribution in [3.8, 4) is 11.8 Å². The number of benzene rings is 1. The Kier molecular flexibility index (Phi) is 3.34. The summed E-state index contributed by atoms with van der Waals surface area (Å²) in [6, 6.07) is 8.33. The van der Waals surface area contributed by atoms with Crippen LogP contribution in [0.3, 0.4) is 0 Å². The van der Waals surface area contributed by atoms with Crippen LogP contribution in [0.15, 0.2) is 30.5 Å². The van der Waals surface area contributed by atoms with Crippen molar-refractivity contribution in [2.75, 3.05) is 5.32 Å². The fourth-order valence-corrected chi connectivity index (χ4v) is 1.37. The van der Waals surface area contributed by atoms with Gasteiger partial charge in [-0.15, -0.1) is 0 Å². The largest absolute Gasteiger partial charge is 0.508 e. The van der Waals surface area contributed by atoms with E-state index < -0.39 is 5.95 Å². The molecule has 2 aromatic rings. The van der Waals surface area contributed by atoms with Gasteiger partial charge in [0, 0.05) is 6.54 Å². The molecule has 0 radical (unpaired) electrons. The molecule has 0 saturated heterocycles. The van der Waals surface area contributed by atoms with Crippen molar-refractivity contribution in [1.29, 1.82) is 5.26 Å². The van der Waals surface area contributed by atoms with E-state index >= 15 is 0 Å². The first kappa shape index (κ1) is 11.8. The summed E-state index contributed by atoms with van der Waals surface area (Å²) >= 11 is 0. The second kappa shape index (κ2) is 5.10. The fourth-order valence-electron chi connectivity index (χ4n) is 1.37. The number of nitriles is 1. The molecule has 0 unspecified atom stereocenters. The van der Waals surface area contributed by atoms with Gasteiger partial charge in [-0.25, -0.2) is 9.97 Å². The molecule has 0 atom stereocenters. The van der Waals surface area contributed by atoms with Gasteiger partial charge in [-0.05, 0) is 17.7 Å². The van der Waals surface area contributed by atoms with Crippen LogP contribution in [0.1, 0.15) is 11.3 Å². The highest BCUT2D eigenvalue weighted by Crippen LogP contribution is 2.13. The molecular weight excluding hydrogens is 235 g/mol. The molecule has 0 saturated carbocycles. The van der Waals surface area contributed by atoms with E-state index in [9.17, 15) is 4.39 Å². The van der Waals surface area contributed by atoms with Gasteiger partial charge in [0.15, 0.2) is 11.5 Å². The summed E-state index contributed by atoms with van der Waals surface area (Å²) in [5.74, 6) is -0.383. The summed E-state index contributed by atoms with van der Waals surface area (Å²) in [7, 11) is 0. The highest BCUT2D eigenvalue weighted by molar-refractivity contribution is 5.47. The average molecular weight is 244 g/mol. The maximum Gasteiger partial charge on any atom is 0.232 e. The summed E-state index contributed by atoms with van der Waals surface area (Å²) in [6.45, 7) is 0.398. The Morgan fingerprint density at radius 2 is 2.06 bits per heavy atom. The number of aromatic nitrogens is 2. The Morgan fingerprint density at radius 1 is 1.33 bits per heavy atom.